The number of carbonyl (C=O) groups is 1. The van der Waals surface area contributed by atoms with Crippen LogP contribution in [0.4, 0.5) is 10.5 Å². The second-order valence-corrected chi connectivity index (χ2v) is 5.52. The molecule has 0 radical (unpaired) electrons. The average molecular weight is 287 g/mol. The Balaban J connectivity index is 2.78. The van der Waals surface area contributed by atoms with Crippen LogP contribution < -0.4 is 11.1 Å². The fraction of sp³-hybridized carbons (Fsp3) is 0.462. The molecule has 0 bridgehead atoms. The number of aliphatic hydroxyl groups excluding tert-OH is 1. The number of nitrogens with one attached hydrogen (secondary N) is 1. The number of benzene rings is 1. The maximum Gasteiger partial charge on any atom is 0.412 e. The second kappa shape index (κ2) is 6.23. The molecular formula is C13H19ClN2O3. The van der Waals surface area contributed by atoms with E-state index in [1.165, 1.54) is 0 Å². The third kappa shape index (κ3) is 5.06. The number of halogens is 1. The largest absolute Gasteiger partial charge is 0.444 e. The van der Waals surface area contributed by atoms with Crippen LogP contribution in [-0.2, 0) is 4.74 Å². The van der Waals surface area contributed by atoms with Gasteiger partial charge in [0.2, 0.25) is 0 Å². The van der Waals surface area contributed by atoms with Gasteiger partial charge in [0.1, 0.15) is 5.60 Å². The zero-order valence-electron chi connectivity index (χ0n) is 11.2. The van der Waals surface area contributed by atoms with Gasteiger partial charge in [-0.1, -0.05) is 17.7 Å². The van der Waals surface area contributed by atoms with E-state index in [-0.39, 0.29) is 6.54 Å². The van der Waals surface area contributed by atoms with Crippen molar-refractivity contribution >= 4 is 23.4 Å². The lowest BCUT2D eigenvalue weighted by molar-refractivity contribution is 0.0636. The molecule has 6 heteroatoms. The predicted octanol–water partition coefficient (Wildman–Crippen LogP) is 2.68. The lowest BCUT2D eigenvalue weighted by Crippen LogP contribution is -2.27. The summed E-state index contributed by atoms with van der Waals surface area (Å²) in [6, 6.07) is 4.81. The normalized spacial score (nSPS) is 12.9. The maximum atomic E-state index is 11.6. The van der Waals surface area contributed by atoms with E-state index in [1.54, 1.807) is 39.0 Å². The highest BCUT2D eigenvalue weighted by atomic mass is 35.5. The SMILES string of the molecule is CC(C)(C)OC(=O)Nc1ccc(C(O)CN)cc1Cl. The monoisotopic (exact) mass is 286 g/mol. The van der Waals surface area contributed by atoms with Crippen LogP contribution in [0.5, 0.6) is 0 Å². The molecule has 1 atom stereocenters. The molecule has 0 saturated carbocycles. The van der Waals surface area contributed by atoms with Gasteiger partial charge in [0, 0.05) is 6.54 Å². The van der Waals surface area contributed by atoms with Gasteiger partial charge in [-0.05, 0) is 38.5 Å². The fourth-order valence-corrected chi connectivity index (χ4v) is 1.63. The lowest BCUT2D eigenvalue weighted by Gasteiger charge is -2.20. The number of nitrogens with two attached hydrogens (primary N) is 1. The molecule has 5 nitrogen and oxygen atoms in total. The third-order valence-corrected chi connectivity index (χ3v) is 2.55. The minimum Gasteiger partial charge on any atom is -0.444 e. The Morgan fingerprint density at radius 3 is 2.63 bits per heavy atom. The molecule has 1 amide bonds. The number of anilines is 1. The predicted molar refractivity (Wildman–Crippen MR) is 75.3 cm³/mol. The highest BCUT2D eigenvalue weighted by Crippen LogP contribution is 2.26. The zero-order chi connectivity index (χ0) is 14.6. The lowest BCUT2D eigenvalue weighted by atomic mass is 10.1. The van der Waals surface area contributed by atoms with Crippen LogP contribution in [-0.4, -0.2) is 23.3 Å². The first-order chi connectivity index (χ1) is 8.73. The molecule has 1 unspecified atom stereocenters. The number of aliphatic hydroxyl groups is 1. The van der Waals surface area contributed by atoms with Gasteiger partial charge in [-0.25, -0.2) is 4.79 Å². The summed E-state index contributed by atoms with van der Waals surface area (Å²) in [4.78, 5) is 11.6. The number of amides is 1. The molecule has 0 fully saturated rings. The van der Waals surface area contributed by atoms with Crippen molar-refractivity contribution < 1.29 is 14.6 Å². The summed E-state index contributed by atoms with van der Waals surface area (Å²) >= 11 is 6.02. The van der Waals surface area contributed by atoms with Gasteiger partial charge < -0.3 is 15.6 Å². The molecule has 106 valence electrons. The molecule has 1 rings (SSSR count). The van der Waals surface area contributed by atoms with Crippen LogP contribution in [0.2, 0.25) is 5.02 Å². The highest BCUT2D eigenvalue weighted by Gasteiger charge is 2.17. The first-order valence-electron chi connectivity index (χ1n) is 5.90. The van der Waals surface area contributed by atoms with Crippen molar-refractivity contribution in [1.29, 1.82) is 0 Å². The van der Waals surface area contributed by atoms with Crippen LogP contribution in [0.15, 0.2) is 18.2 Å². The molecule has 0 heterocycles. The van der Waals surface area contributed by atoms with Gasteiger partial charge in [-0.2, -0.15) is 0 Å². The van der Waals surface area contributed by atoms with Gasteiger partial charge >= 0.3 is 6.09 Å². The van der Waals surface area contributed by atoms with E-state index >= 15 is 0 Å². The molecule has 0 saturated heterocycles. The summed E-state index contributed by atoms with van der Waals surface area (Å²) in [5.74, 6) is 0. The van der Waals surface area contributed by atoms with Crippen LogP contribution in [0.25, 0.3) is 0 Å². The Morgan fingerprint density at radius 1 is 1.53 bits per heavy atom. The van der Waals surface area contributed by atoms with Crippen LogP contribution >= 0.6 is 11.6 Å². The molecule has 0 aliphatic carbocycles. The number of hydrogen-bond acceptors (Lipinski definition) is 4. The molecule has 0 aliphatic heterocycles. The van der Waals surface area contributed by atoms with Crippen molar-refractivity contribution in [2.75, 3.05) is 11.9 Å². The number of ether oxygens (including phenoxy) is 1. The van der Waals surface area contributed by atoms with Crippen LogP contribution in [0.3, 0.4) is 0 Å². The summed E-state index contributed by atoms with van der Waals surface area (Å²) in [7, 11) is 0. The molecule has 0 aliphatic rings. The summed E-state index contributed by atoms with van der Waals surface area (Å²) in [5, 5.41) is 12.4. The first-order valence-corrected chi connectivity index (χ1v) is 6.28. The van der Waals surface area contributed by atoms with Crippen LogP contribution in [0, 0.1) is 0 Å². The molecule has 1 aromatic rings. The van der Waals surface area contributed by atoms with E-state index in [0.29, 0.717) is 16.3 Å². The summed E-state index contributed by atoms with van der Waals surface area (Å²) in [5.41, 5.74) is 5.80. The second-order valence-electron chi connectivity index (χ2n) is 5.12. The number of rotatable bonds is 3. The van der Waals surface area contributed by atoms with E-state index in [1.807, 2.05) is 0 Å². The van der Waals surface area contributed by atoms with Gasteiger partial charge in [-0.3, -0.25) is 5.32 Å². The fourth-order valence-electron chi connectivity index (χ4n) is 1.39. The van der Waals surface area contributed by atoms with Gasteiger partial charge in [0.15, 0.2) is 0 Å². The van der Waals surface area contributed by atoms with E-state index in [9.17, 15) is 9.90 Å². The van der Waals surface area contributed by atoms with Gasteiger partial charge in [0.05, 0.1) is 16.8 Å². The van der Waals surface area contributed by atoms with Crippen molar-refractivity contribution in [3.8, 4) is 0 Å². The van der Waals surface area contributed by atoms with Crippen molar-refractivity contribution in [3.63, 3.8) is 0 Å². The van der Waals surface area contributed by atoms with Crippen LogP contribution in [0.1, 0.15) is 32.4 Å². The maximum absolute atomic E-state index is 11.6. The Morgan fingerprint density at radius 2 is 2.16 bits per heavy atom. The van der Waals surface area contributed by atoms with E-state index in [4.69, 9.17) is 22.1 Å². The Hall–Kier alpha value is -1.30. The van der Waals surface area contributed by atoms with Gasteiger partial charge in [0.25, 0.3) is 0 Å². The minimum atomic E-state index is -0.770. The quantitative estimate of drug-likeness (QED) is 0.797. The minimum absolute atomic E-state index is 0.106. The summed E-state index contributed by atoms with van der Waals surface area (Å²) in [6.45, 7) is 5.42. The topological polar surface area (TPSA) is 84.6 Å². The Kier molecular flexibility index (Phi) is 5.17. The summed E-state index contributed by atoms with van der Waals surface area (Å²) < 4.78 is 5.12. The summed E-state index contributed by atoms with van der Waals surface area (Å²) in [6.07, 6.45) is -1.35. The van der Waals surface area contributed by atoms with E-state index < -0.39 is 17.8 Å². The van der Waals surface area contributed by atoms with E-state index in [2.05, 4.69) is 5.32 Å². The van der Waals surface area contributed by atoms with Gasteiger partial charge in [-0.15, -0.1) is 0 Å². The molecule has 0 aromatic heterocycles. The third-order valence-electron chi connectivity index (χ3n) is 2.24. The highest BCUT2D eigenvalue weighted by molar-refractivity contribution is 6.33. The number of hydrogen-bond donors (Lipinski definition) is 3. The smallest absolute Gasteiger partial charge is 0.412 e. The average Bonchev–Trinajstić information content (AvgIpc) is 2.28. The van der Waals surface area contributed by atoms with Crippen molar-refractivity contribution in [1.82, 2.24) is 0 Å². The zero-order valence-corrected chi connectivity index (χ0v) is 12.0. The molecule has 19 heavy (non-hydrogen) atoms. The molecule has 4 N–H and O–H groups in total. The molecule has 0 spiro atoms. The van der Waals surface area contributed by atoms with Crippen molar-refractivity contribution in [2.24, 2.45) is 5.73 Å². The van der Waals surface area contributed by atoms with Crippen molar-refractivity contribution in [2.45, 2.75) is 32.5 Å². The Bertz CT molecular complexity index is 458. The first kappa shape index (κ1) is 15.8. The standard InChI is InChI=1S/C13H19ClN2O3/c1-13(2,3)19-12(18)16-10-5-4-8(6-9(10)14)11(17)7-15/h4-6,11,17H,7,15H2,1-3H3,(H,16,18). The Labute approximate surface area is 117 Å². The number of carbonyl (C=O) groups excluding carboxylic acids is 1. The molecule has 1 aromatic carbocycles. The molecular weight excluding hydrogens is 268 g/mol. The van der Waals surface area contributed by atoms with Crippen molar-refractivity contribution in [3.05, 3.63) is 28.8 Å². The van der Waals surface area contributed by atoms with E-state index in [0.717, 1.165) is 0 Å².